The maximum atomic E-state index is 12.9. The van der Waals surface area contributed by atoms with Crippen molar-refractivity contribution in [3.05, 3.63) is 94.5 Å². The van der Waals surface area contributed by atoms with Crippen molar-refractivity contribution in [2.24, 2.45) is 0 Å². The highest BCUT2D eigenvalue weighted by Crippen LogP contribution is 2.37. The zero-order valence-corrected chi connectivity index (χ0v) is 15.7. The lowest BCUT2D eigenvalue weighted by atomic mass is 9.91. The van der Waals surface area contributed by atoms with Crippen molar-refractivity contribution in [3.8, 4) is 11.1 Å². The second-order valence-corrected chi connectivity index (χ2v) is 7.09. The number of fused-ring (bicyclic) bond motifs is 1. The smallest absolute Gasteiger partial charge is 0.262 e. The number of aryl methyl sites for hydroxylation is 2. The maximum Gasteiger partial charge on any atom is 0.262 e. The van der Waals surface area contributed by atoms with Crippen molar-refractivity contribution < 1.29 is 9.59 Å². The molecule has 3 aromatic carbocycles. The minimum atomic E-state index is -0.355. The van der Waals surface area contributed by atoms with Gasteiger partial charge in [0.1, 0.15) is 0 Å². The molecule has 0 bridgehead atoms. The van der Waals surface area contributed by atoms with E-state index in [1.54, 1.807) is 24.3 Å². The van der Waals surface area contributed by atoms with Crippen LogP contribution in [0, 0.1) is 13.8 Å². The molecule has 0 fully saturated rings. The van der Waals surface area contributed by atoms with Gasteiger partial charge in [0.2, 0.25) is 0 Å². The quantitative estimate of drug-likeness (QED) is 0.596. The molecule has 3 nitrogen and oxygen atoms in total. The Morgan fingerprint density at radius 2 is 1.22 bits per heavy atom. The molecule has 1 unspecified atom stereocenters. The number of hydrogen-bond donors (Lipinski definition) is 0. The van der Waals surface area contributed by atoms with Crippen LogP contribution in [0.1, 0.15) is 50.4 Å². The molecule has 134 valence electrons. The standard InChI is InChI=1S/C24H21NO2/c1-15-13-21(22(14-16(15)2)18-9-5-4-6-10-18)17(3)25-23(26)19-11-7-8-12-20(19)24(25)27/h4-14,17H,1-3H3. The van der Waals surface area contributed by atoms with Gasteiger partial charge in [-0.25, -0.2) is 0 Å². The van der Waals surface area contributed by atoms with E-state index < -0.39 is 0 Å². The molecule has 1 aliphatic heterocycles. The minimum absolute atomic E-state index is 0.222. The van der Waals surface area contributed by atoms with Gasteiger partial charge in [-0.2, -0.15) is 0 Å². The number of carbonyl (C=O) groups excluding carboxylic acids is 2. The number of nitrogens with zero attached hydrogens (tertiary/aromatic N) is 1. The molecule has 4 rings (SSSR count). The Morgan fingerprint density at radius 1 is 0.704 bits per heavy atom. The van der Waals surface area contributed by atoms with E-state index in [1.807, 2.05) is 25.1 Å². The zero-order chi connectivity index (χ0) is 19.1. The van der Waals surface area contributed by atoms with Gasteiger partial charge >= 0.3 is 0 Å². The molecule has 1 heterocycles. The van der Waals surface area contributed by atoms with Crippen molar-refractivity contribution in [2.75, 3.05) is 0 Å². The van der Waals surface area contributed by atoms with Gasteiger partial charge in [-0.15, -0.1) is 0 Å². The van der Waals surface area contributed by atoms with Crippen LogP contribution in [0.5, 0.6) is 0 Å². The summed E-state index contributed by atoms with van der Waals surface area (Å²) in [6.45, 7) is 6.07. The second-order valence-electron chi connectivity index (χ2n) is 7.09. The molecule has 2 amide bonds. The Labute approximate surface area is 159 Å². The lowest BCUT2D eigenvalue weighted by Gasteiger charge is -2.26. The predicted molar refractivity (Wildman–Crippen MR) is 107 cm³/mol. The largest absolute Gasteiger partial charge is 0.269 e. The predicted octanol–water partition coefficient (Wildman–Crippen LogP) is 5.33. The van der Waals surface area contributed by atoms with Crippen molar-refractivity contribution >= 4 is 11.8 Å². The van der Waals surface area contributed by atoms with E-state index in [9.17, 15) is 9.59 Å². The van der Waals surface area contributed by atoms with E-state index in [1.165, 1.54) is 10.5 Å². The topological polar surface area (TPSA) is 37.4 Å². The SMILES string of the molecule is Cc1cc(-c2ccccc2)c(C(C)N2C(=O)c3ccccc3C2=O)cc1C. The highest BCUT2D eigenvalue weighted by molar-refractivity contribution is 6.21. The molecule has 0 aliphatic carbocycles. The molecule has 1 atom stereocenters. The number of rotatable bonds is 3. The number of hydrogen-bond acceptors (Lipinski definition) is 2. The third-order valence-electron chi connectivity index (χ3n) is 5.41. The Bertz CT molecular complexity index is 1020. The van der Waals surface area contributed by atoms with Crippen LogP contribution in [-0.2, 0) is 0 Å². The van der Waals surface area contributed by atoms with E-state index in [4.69, 9.17) is 0 Å². The summed E-state index contributed by atoms with van der Waals surface area (Å²) in [7, 11) is 0. The van der Waals surface area contributed by atoms with Crippen LogP contribution in [0.4, 0.5) is 0 Å². The average Bonchev–Trinajstić information content (AvgIpc) is 2.95. The lowest BCUT2D eigenvalue weighted by molar-refractivity contribution is 0.0595. The molecule has 3 aromatic rings. The first-order valence-corrected chi connectivity index (χ1v) is 9.12. The van der Waals surface area contributed by atoms with E-state index in [0.717, 1.165) is 22.3 Å². The van der Waals surface area contributed by atoms with Crippen LogP contribution in [0.25, 0.3) is 11.1 Å². The summed E-state index contributed by atoms with van der Waals surface area (Å²) >= 11 is 0. The van der Waals surface area contributed by atoms with Crippen LogP contribution >= 0.6 is 0 Å². The Morgan fingerprint density at radius 3 is 1.81 bits per heavy atom. The summed E-state index contributed by atoms with van der Waals surface area (Å²) in [5, 5.41) is 0. The third kappa shape index (κ3) is 2.76. The van der Waals surface area contributed by atoms with Gasteiger partial charge in [0.15, 0.2) is 0 Å². The summed E-state index contributed by atoms with van der Waals surface area (Å²) < 4.78 is 0. The maximum absolute atomic E-state index is 12.9. The summed E-state index contributed by atoms with van der Waals surface area (Å²) in [6, 6.07) is 21.0. The molecular formula is C24H21NO2. The fraction of sp³-hybridized carbons (Fsp3) is 0.167. The molecule has 27 heavy (non-hydrogen) atoms. The molecule has 0 N–H and O–H groups in total. The first-order valence-electron chi connectivity index (χ1n) is 9.12. The van der Waals surface area contributed by atoms with Crippen LogP contribution in [0.3, 0.4) is 0 Å². The molecule has 1 aliphatic rings. The highest BCUT2D eigenvalue weighted by Gasteiger charge is 2.39. The van der Waals surface area contributed by atoms with Gasteiger partial charge in [0.25, 0.3) is 11.8 Å². The highest BCUT2D eigenvalue weighted by atomic mass is 16.2. The zero-order valence-electron chi connectivity index (χ0n) is 15.7. The van der Waals surface area contributed by atoms with Gasteiger partial charge in [0, 0.05) is 0 Å². The average molecular weight is 355 g/mol. The van der Waals surface area contributed by atoms with Crippen molar-refractivity contribution in [3.63, 3.8) is 0 Å². The molecule has 0 spiro atoms. The molecule has 3 heteroatoms. The molecule has 0 saturated heterocycles. The van der Waals surface area contributed by atoms with E-state index >= 15 is 0 Å². The monoisotopic (exact) mass is 355 g/mol. The minimum Gasteiger partial charge on any atom is -0.269 e. The second kappa shape index (κ2) is 6.51. The van der Waals surface area contributed by atoms with Crippen molar-refractivity contribution in [1.82, 2.24) is 4.90 Å². The van der Waals surface area contributed by atoms with E-state index in [-0.39, 0.29) is 17.9 Å². The first kappa shape index (κ1) is 17.2. The number of amides is 2. The lowest BCUT2D eigenvalue weighted by Crippen LogP contribution is -2.33. The summed E-state index contributed by atoms with van der Waals surface area (Å²) in [6.07, 6.45) is 0. The van der Waals surface area contributed by atoms with Gasteiger partial charge in [-0.1, -0.05) is 54.6 Å². The number of imide groups is 1. The first-order chi connectivity index (χ1) is 13.0. The Kier molecular flexibility index (Phi) is 4.15. The normalized spacial score (nSPS) is 14.4. The van der Waals surface area contributed by atoms with Crippen molar-refractivity contribution in [2.45, 2.75) is 26.8 Å². The van der Waals surface area contributed by atoms with E-state index in [2.05, 4.69) is 38.1 Å². The molecule has 0 saturated carbocycles. The summed E-state index contributed by atoms with van der Waals surface area (Å²) in [4.78, 5) is 27.2. The van der Waals surface area contributed by atoms with Gasteiger partial charge in [-0.3, -0.25) is 14.5 Å². The van der Waals surface area contributed by atoms with Crippen molar-refractivity contribution in [1.29, 1.82) is 0 Å². The van der Waals surface area contributed by atoms with Crippen LogP contribution in [0.2, 0.25) is 0 Å². The van der Waals surface area contributed by atoms with Gasteiger partial charge in [0.05, 0.1) is 17.2 Å². The Hall–Kier alpha value is -3.20. The van der Waals surface area contributed by atoms with Gasteiger partial charge < -0.3 is 0 Å². The van der Waals surface area contributed by atoms with E-state index in [0.29, 0.717) is 11.1 Å². The molecule has 0 radical (unpaired) electrons. The van der Waals surface area contributed by atoms with Crippen LogP contribution in [-0.4, -0.2) is 16.7 Å². The van der Waals surface area contributed by atoms with Crippen LogP contribution in [0.15, 0.2) is 66.7 Å². The van der Waals surface area contributed by atoms with Crippen LogP contribution < -0.4 is 0 Å². The fourth-order valence-corrected chi connectivity index (χ4v) is 3.75. The molecular weight excluding hydrogens is 334 g/mol. The fourth-order valence-electron chi connectivity index (χ4n) is 3.75. The third-order valence-corrected chi connectivity index (χ3v) is 5.41. The number of carbonyl (C=O) groups is 2. The van der Waals surface area contributed by atoms with Gasteiger partial charge in [-0.05, 0) is 60.7 Å². The number of benzene rings is 3. The summed E-state index contributed by atoms with van der Waals surface area (Å²) in [5.41, 5.74) is 6.43. The Balaban J connectivity index is 1.84. The molecule has 0 aromatic heterocycles. The summed E-state index contributed by atoms with van der Waals surface area (Å²) in [5.74, 6) is -0.444.